The molecule has 7 heteroatoms. The Hall–Kier alpha value is -2.60. The Morgan fingerprint density at radius 3 is 3.00 bits per heavy atom. The number of carboxylic acid groups (broad SMARTS) is 1. The molecule has 6 nitrogen and oxygen atoms in total. The fraction of sp³-hybridized carbons (Fsp3) is 0.133. The molecular weight excluding hydrogens is 306 g/mol. The standard InChI is InChI=1S/C15H10ClN3O3/c16-8-3-1-4-9-11(8)14(20)18-6-2-5-10(18)13-12(15(21)22)17-7-19(9)13/h1-5,7,10H,6H2,(H,21,22)/t10-/m1/s1. The van der Waals surface area contributed by atoms with Crippen LogP contribution in [0.2, 0.25) is 5.02 Å². The Labute approximate surface area is 130 Å². The van der Waals surface area contributed by atoms with Crippen LogP contribution in [0.3, 0.4) is 0 Å². The van der Waals surface area contributed by atoms with Gasteiger partial charge >= 0.3 is 5.97 Å². The maximum Gasteiger partial charge on any atom is 0.356 e. The Bertz CT molecular complexity index is 856. The molecule has 0 spiro atoms. The number of hydrogen-bond donors (Lipinski definition) is 1. The van der Waals surface area contributed by atoms with Crippen LogP contribution in [-0.4, -0.2) is 38.0 Å². The van der Waals surface area contributed by atoms with Gasteiger partial charge in [-0.05, 0) is 12.1 Å². The summed E-state index contributed by atoms with van der Waals surface area (Å²) < 4.78 is 1.64. The van der Waals surface area contributed by atoms with Gasteiger partial charge in [0, 0.05) is 6.54 Å². The van der Waals surface area contributed by atoms with Gasteiger partial charge in [-0.25, -0.2) is 9.78 Å². The lowest BCUT2D eigenvalue weighted by molar-refractivity contribution is 0.0677. The van der Waals surface area contributed by atoms with Crippen LogP contribution >= 0.6 is 11.6 Å². The predicted molar refractivity (Wildman–Crippen MR) is 78.5 cm³/mol. The van der Waals surface area contributed by atoms with E-state index in [1.807, 2.05) is 12.2 Å². The number of carboxylic acids is 1. The molecule has 1 aromatic heterocycles. The van der Waals surface area contributed by atoms with Crippen molar-refractivity contribution in [3.63, 3.8) is 0 Å². The lowest BCUT2D eigenvalue weighted by Crippen LogP contribution is -2.31. The van der Waals surface area contributed by atoms with Crippen molar-refractivity contribution in [2.75, 3.05) is 6.54 Å². The Morgan fingerprint density at radius 1 is 1.41 bits per heavy atom. The fourth-order valence-electron chi connectivity index (χ4n) is 3.03. The molecule has 1 N–H and O–H groups in total. The van der Waals surface area contributed by atoms with Gasteiger partial charge in [0.25, 0.3) is 5.91 Å². The first-order valence-corrected chi connectivity index (χ1v) is 7.04. The number of aromatic nitrogens is 2. The van der Waals surface area contributed by atoms with Gasteiger partial charge in [-0.1, -0.05) is 29.8 Å². The van der Waals surface area contributed by atoms with Crippen LogP contribution in [0.5, 0.6) is 0 Å². The molecule has 110 valence electrons. The van der Waals surface area contributed by atoms with Crippen LogP contribution in [-0.2, 0) is 0 Å². The Balaban J connectivity index is 2.09. The zero-order valence-electron chi connectivity index (χ0n) is 11.2. The van der Waals surface area contributed by atoms with Crippen molar-refractivity contribution in [1.29, 1.82) is 0 Å². The molecule has 0 saturated heterocycles. The van der Waals surface area contributed by atoms with E-state index in [9.17, 15) is 14.7 Å². The van der Waals surface area contributed by atoms with Gasteiger partial charge in [-0.15, -0.1) is 0 Å². The third-order valence-electron chi connectivity index (χ3n) is 3.97. The quantitative estimate of drug-likeness (QED) is 0.819. The predicted octanol–water partition coefficient (Wildman–Crippen LogP) is 2.29. The van der Waals surface area contributed by atoms with Gasteiger partial charge in [0.15, 0.2) is 5.69 Å². The Kier molecular flexibility index (Phi) is 2.65. The third-order valence-corrected chi connectivity index (χ3v) is 4.28. The highest BCUT2D eigenvalue weighted by atomic mass is 35.5. The molecule has 22 heavy (non-hydrogen) atoms. The van der Waals surface area contributed by atoms with E-state index in [0.717, 1.165) is 0 Å². The van der Waals surface area contributed by atoms with E-state index in [4.69, 9.17) is 11.6 Å². The second kappa shape index (κ2) is 4.45. The van der Waals surface area contributed by atoms with Gasteiger partial charge in [0.05, 0.1) is 28.0 Å². The minimum atomic E-state index is -1.12. The summed E-state index contributed by atoms with van der Waals surface area (Å²) in [5.74, 6) is -1.33. The molecule has 0 bridgehead atoms. The van der Waals surface area contributed by atoms with Crippen molar-refractivity contribution >= 4 is 23.5 Å². The average Bonchev–Trinajstić information content (AvgIpc) is 3.10. The molecule has 0 saturated carbocycles. The maximum absolute atomic E-state index is 12.8. The van der Waals surface area contributed by atoms with E-state index in [2.05, 4.69) is 4.98 Å². The summed E-state index contributed by atoms with van der Waals surface area (Å²) in [4.78, 5) is 29.9. The van der Waals surface area contributed by atoms with Crippen LogP contribution in [0.1, 0.15) is 32.6 Å². The van der Waals surface area contributed by atoms with Gasteiger partial charge in [-0.2, -0.15) is 0 Å². The summed E-state index contributed by atoms with van der Waals surface area (Å²) in [6, 6.07) is 4.66. The number of amides is 1. The van der Waals surface area contributed by atoms with Crippen molar-refractivity contribution in [2.24, 2.45) is 0 Å². The minimum Gasteiger partial charge on any atom is -0.476 e. The molecule has 0 fully saturated rings. The first-order chi connectivity index (χ1) is 10.6. The number of halogens is 1. The number of carbonyl (C=O) groups is 2. The van der Waals surface area contributed by atoms with Crippen LogP contribution < -0.4 is 0 Å². The number of carbonyl (C=O) groups excluding carboxylic acids is 1. The SMILES string of the molecule is O=C(O)c1ncn2c1[C@H]1C=CCN1C(=O)c1c(Cl)cccc1-2. The number of fused-ring (bicyclic) bond motifs is 5. The molecule has 2 aliphatic rings. The van der Waals surface area contributed by atoms with Crippen LogP contribution in [0.15, 0.2) is 36.7 Å². The van der Waals surface area contributed by atoms with E-state index < -0.39 is 12.0 Å². The van der Waals surface area contributed by atoms with Crippen molar-refractivity contribution in [3.8, 4) is 5.69 Å². The summed E-state index contributed by atoms with van der Waals surface area (Å²) >= 11 is 6.22. The second-order valence-electron chi connectivity index (χ2n) is 5.12. The van der Waals surface area contributed by atoms with Crippen LogP contribution in [0.25, 0.3) is 5.69 Å². The van der Waals surface area contributed by atoms with Gasteiger partial charge in [0.2, 0.25) is 0 Å². The molecule has 0 aliphatic carbocycles. The van der Waals surface area contributed by atoms with Crippen molar-refractivity contribution in [2.45, 2.75) is 6.04 Å². The van der Waals surface area contributed by atoms with E-state index in [1.54, 1.807) is 27.7 Å². The highest BCUT2D eigenvalue weighted by Crippen LogP contribution is 2.38. The molecule has 3 heterocycles. The number of rotatable bonds is 1. The summed E-state index contributed by atoms with van der Waals surface area (Å²) in [6.07, 6.45) is 5.09. The molecule has 2 aromatic rings. The number of aromatic carboxylic acids is 1. The van der Waals surface area contributed by atoms with Gasteiger partial charge < -0.3 is 10.0 Å². The monoisotopic (exact) mass is 315 g/mol. The molecule has 1 atom stereocenters. The molecule has 0 unspecified atom stereocenters. The average molecular weight is 316 g/mol. The normalized spacial score (nSPS) is 18.7. The second-order valence-corrected chi connectivity index (χ2v) is 5.53. The number of benzene rings is 1. The summed E-state index contributed by atoms with van der Waals surface area (Å²) in [7, 11) is 0. The number of hydrogen-bond acceptors (Lipinski definition) is 3. The maximum atomic E-state index is 12.8. The Morgan fingerprint density at radius 2 is 2.23 bits per heavy atom. The van der Waals surface area contributed by atoms with E-state index in [1.165, 1.54) is 6.33 Å². The van der Waals surface area contributed by atoms with Gasteiger partial charge in [-0.3, -0.25) is 9.36 Å². The van der Waals surface area contributed by atoms with Gasteiger partial charge in [0.1, 0.15) is 6.33 Å². The molecule has 4 rings (SSSR count). The smallest absolute Gasteiger partial charge is 0.356 e. The first-order valence-electron chi connectivity index (χ1n) is 6.66. The molecule has 1 aromatic carbocycles. The largest absolute Gasteiger partial charge is 0.476 e. The van der Waals surface area contributed by atoms with Crippen LogP contribution in [0.4, 0.5) is 0 Å². The van der Waals surface area contributed by atoms with E-state index >= 15 is 0 Å². The zero-order valence-corrected chi connectivity index (χ0v) is 12.0. The lowest BCUT2D eigenvalue weighted by atomic mass is 10.1. The summed E-state index contributed by atoms with van der Waals surface area (Å²) in [5, 5.41) is 9.72. The molecular formula is C15H10ClN3O3. The van der Waals surface area contributed by atoms with E-state index in [0.29, 0.717) is 28.5 Å². The lowest BCUT2D eigenvalue weighted by Gasteiger charge is -2.22. The third kappa shape index (κ3) is 1.58. The topological polar surface area (TPSA) is 75.4 Å². The minimum absolute atomic E-state index is 0.0535. The first kappa shape index (κ1) is 13.1. The number of imidazole rings is 1. The van der Waals surface area contributed by atoms with E-state index in [-0.39, 0.29) is 11.6 Å². The molecule has 1 amide bonds. The molecule has 2 aliphatic heterocycles. The van der Waals surface area contributed by atoms with Crippen molar-refractivity contribution in [1.82, 2.24) is 14.5 Å². The number of nitrogens with zero attached hydrogens (tertiary/aromatic N) is 3. The summed E-state index contributed by atoms with van der Waals surface area (Å²) in [6.45, 7) is 0.415. The van der Waals surface area contributed by atoms with Crippen LogP contribution in [0, 0.1) is 0 Å². The van der Waals surface area contributed by atoms with Crippen molar-refractivity contribution < 1.29 is 14.7 Å². The highest BCUT2D eigenvalue weighted by Gasteiger charge is 2.38. The van der Waals surface area contributed by atoms with Crippen molar-refractivity contribution in [3.05, 3.63) is 58.7 Å². The molecule has 0 radical (unpaired) electrons. The zero-order chi connectivity index (χ0) is 15.4. The highest BCUT2D eigenvalue weighted by molar-refractivity contribution is 6.34. The summed E-state index contributed by atoms with van der Waals surface area (Å²) in [5.41, 5.74) is 1.33. The fourth-order valence-corrected chi connectivity index (χ4v) is 3.29.